The fourth-order valence-corrected chi connectivity index (χ4v) is 4.93. The topological polar surface area (TPSA) is 32.7 Å². The Morgan fingerprint density at radius 1 is 1.18 bits per heavy atom. The maximum absolute atomic E-state index is 13.3. The van der Waals surface area contributed by atoms with Gasteiger partial charge in [0.1, 0.15) is 0 Å². The van der Waals surface area contributed by atoms with Gasteiger partial charge < -0.3 is 4.90 Å². The van der Waals surface area contributed by atoms with Gasteiger partial charge in [-0.25, -0.2) is 0 Å². The standard InChI is InChI=1S/C26H27F3N2OS/c1-17(26(27,28)29)12-19-9-10-23(33(3,4)32)14-24(19)18(2)31-15-21-8-7-20(13-22(21)16-31)25-6-5-11-30-25/h5,7-11,13-14,17H,2-3,6,12,15-16H2,1,4H3. The summed E-state index contributed by atoms with van der Waals surface area (Å²) in [5.41, 5.74) is 6.18. The van der Waals surface area contributed by atoms with Gasteiger partial charge in [-0.15, -0.1) is 0 Å². The Balaban J connectivity index is 1.64. The lowest BCUT2D eigenvalue weighted by Gasteiger charge is -2.25. The van der Waals surface area contributed by atoms with Gasteiger partial charge >= 0.3 is 6.18 Å². The maximum atomic E-state index is 13.3. The molecular formula is C26H27F3N2OS. The first kappa shape index (κ1) is 23.4. The molecule has 2 aromatic rings. The Labute approximate surface area is 193 Å². The molecule has 2 aliphatic heterocycles. The largest absolute Gasteiger partial charge is 0.391 e. The summed E-state index contributed by atoms with van der Waals surface area (Å²) in [7, 11) is -2.53. The summed E-state index contributed by atoms with van der Waals surface area (Å²) in [6.45, 7) is 6.64. The first-order valence-electron chi connectivity index (χ1n) is 10.7. The van der Waals surface area contributed by atoms with Crippen LogP contribution >= 0.6 is 0 Å². The molecule has 0 bridgehead atoms. The van der Waals surface area contributed by atoms with Crippen LogP contribution in [0.4, 0.5) is 13.2 Å². The molecule has 0 aliphatic carbocycles. The van der Waals surface area contributed by atoms with Crippen molar-refractivity contribution in [3.63, 3.8) is 0 Å². The van der Waals surface area contributed by atoms with Crippen molar-refractivity contribution in [3.8, 4) is 0 Å². The number of benzene rings is 2. The minimum Gasteiger partial charge on any atom is -0.363 e. The molecule has 2 heterocycles. The van der Waals surface area contributed by atoms with E-state index in [1.807, 2.05) is 12.3 Å². The lowest BCUT2D eigenvalue weighted by Crippen LogP contribution is -2.23. The highest BCUT2D eigenvalue weighted by atomic mass is 32.2. The molecule has 2 aliphatic rings. The van der Waals surface area contributed by atoms with Crippen LogP contribution in [0.2, 0.25) is 0 Å². The van der Waals surface area contributed by atoms with Gasteiger partial charge in [0.15, 0.2) is 0 Å². The van der Waals surface area contributed by atoms with Crippen LogP contribution in [0.1, 0.15) is 41.2 Å². The van der Waals surface area contributed by atoms with E-state index in [9.17, 15) is 17.4 Å². The van der Waals surface area contributed by atoms with Crippen LogP contribution in [-0.4, -0.2) is 33.1 Å². The lowest BCUT2D eigenvalue weighted by atomic mass is 9.95. The number of halogens is 3. The molecule has 0 radical (unpaired) electrons. The monoisotopic (exact) mass is 472 g/mol. The van der Waals surface area contributed by atoms with E-state index in [1.54, 1.807) is 18.2 Å². The zero-order valence-electron chi connectivity index (χ0n) is 18.8. The van der Waals surface area contributed by atoms with E-state index >= 15 is 0 Å². The van der Waals surface area contributed by atoms with E-state index in [4.69, 9.17) is 0 Å². The van der Waals surface area contributed by atoms with Crippen molar-refractivity contribution in [2.45, 2.75) is 43.9 Å². The van der Waals surface area contributed by atoms with Gasteiger partial charge in [-0.05, 0) is 62.3 Å². The minimum atomic E-state index is -4.29. The van der Waals surface area contributed by atoms with E-state index in [2.05, 4.69) is 40.5 Å². The van der Waals surface area contributed by atoms with Crippen molar-refractivity contribution in [3.05, 3.63) is 83.1 Å². The first-order valence-corrected chi connectivity index (χ1v) is 12.9. The molecule has 0 spiro atoms. The number of hydrogen-bond acceptors (Lipinski definition) is 3. The van der Waals surface area contributed by atoms with Crippen LogP contribution in [0.15, 0.2) is 65.1 Å². The SMILES string of the molecule is C=C(c1cc(S(=C)(C)=O)ccc1CC(C)C(F)(F)F)N1Cc2ccc(C3=NC=CC3)cc2C1. The van der Waals surface area contributed by atoms with Crippen molar-refractivity contribution in [2.24, 2.45) is 10.9 Å². The van der Waals surface area contributed by atoms with Crippen LogP contribution in [-0.2, 0) is 29.0 Å². The van der Waals surface area contributed by atoms with E-state index < -0.39 is 21.6 Å². The van der Waals surface area contributed by atoms with Crippen LogP contribution in [0.5, 0.6) is 0 Å². The molecule has 2 aromatic carbocycles. The third-order valence-corrected chi connectivity index (χ3v) is 7.52. The minimum absolute atomic E-state index is 0.169. The van der Waals surface area contributed by atoms with Crippen molar-refractivity contribution in [1.82, 2.24) is 4.90 Å². The summed E-state index contributed by atoms with van der Waals surface area (Å²) in [6.07, 6.45) is 1.70. The predicted molar refractivity (Wildman–Crippen MR) is 130 cm³/mol. The van der Waals surface area contributed by atoms with Gasteiger partial charge in [0, 0.05) is 48.1 Å². The molecule has 0 N–H and O–H groups in total. The molecule has 0 amide bonds. The van der Waals surface area contributed by atoms with E-state index in [-0.39, 0.29) is 6.42 Å². The second-order valence-electron chi connectivity index (χ2n) is 8.92. The fourth-order valence-electron chi connectivity index (χ4n) is 4.20. The van der Waals surface area contributed by atoms with Gasteiger partial charge in [0.25, 0.3) is 0 Å². The normalized spacial score (nSPS) is 18.1. The Kier molecular flexibility index (Phi) is 6.03. The van der Waals surface area contributed by atoms with Crippen molar-refractivity contribution < 1.29 is 17.4 Å². The Bertz CT molecular complexity index is 1270. The van der Waals surface area contributed by atoms with Gasteiger partial charge in [-0.1, -0.05) is 37.8 Å². The van der Waals surface area contributed by atoms with Crippen LogP contribution in [0.25, 0.3) is 5.70 Å². The van der Waals surface area contributed by atoms with Crippen LogP contribution in [0, 0.1) is 5.92 Å². The highest BCUT2D eigenvalue weighted by molar-refractivity contribution is 7.99. The molecule has 2 atom stereocenters. The molecule has 0 fully saturated rings. The van der Waals surface area contributed by atoms with Crippen molar-refractivity contribution in [2.75, 3.05) is 6.26 Å². The summed E-state index contributed by atoms with van der Waals surface area (Å²) in [5.74, 6) is 2.24. The molecule has 7 heteroatoms. The molecule has 2 unspecified atom stereocenters. The molecule has 3 nitrogen and oxygen atoms in total. The van der Waals surface area contributed by atoms with E-state index in [0.717, 1.165) is 28.8 Å². The molecule has 0 saturated carbocycles. The quantitative estimate of drug-likeness (QED) is 0.496. The maximum Gasteiger partial charge on any atom is 0.391 e. The van der Waals surface area contributed by atoms with Gasteiger partial charge in [-0.3, -0.25) is 9.20 Å². The smallest absolute Gasteiger partial charge is 0.363 e. The zero-order valence-corrected chi connectivity index (χ0v) is 19.6. The number of allylic oxidation sites excluding steroid dienone is 1. The van der Waals surface area contributed by atoms with E-state index in [1.165, 1.54) is 13.2 Å². The van der Waals surface area contributed by atoms with Crippen molar-refractivity contribution >= 4 is 26.8 Å². The molecule has 0 saturated heterocycles. The summed E-state index contributed by atoms with van der Waals surface area (Å²) in [5, 5.41) is 0. The molecule has 0 aromatic heterocycles. The second-order valence-corrected chi connectivity index (χ2v) is 11.4. The third-order valence-electron chi connectivity index (χ3n) is 6.27. The number of hydrogen-bond donors (Lipinski definition) is 0. The third kappa shape index (κ3) is 4.93. The first-order chi connectivity index (χ1) is 15.4. The van der Waals surface area contributed by atoms with Gasteiger partial charge in [0.2, 0.25) is 0 Å². The Morgan fingerprint density at radius 2 is 1.91 bits per heavy atom. The second kappa shape index (κ2) is 8.52. The highest BCUT2D eigenvalue weighted by Crippen LogP contribution is 2.36. The number of rotatable bonds is 6. The molecular weight excluding hydrogens is 445 g/mol. The molecule has 174 valence electrons. The Morgan fingerprint density at radius 3 is 2.55 bits per heavy atom. The highest BCUT2D eigenvalue weighted by Gasteiger charge is 2.36. The average Bonchev–Trinajstić information content (AvgIpc) is 3.41. The van der Waals surface area contributed by atoms with Crippen LogP contribution < -0.4 is 0 Å². The number of alkyl halides is 3. The van der Waals surface area contributed by atoms with Gasteiger partial charge in [0.05, 0.1) is 11.6 Å². The zero-order chi connectivity index (χ0) is 24.0. The average molecular weight is 473 g/mol. The summed E-state index contributed by atoms with van der Waals surface area (Å²) >= 11 is 0. The predicted octanol–water partition coefficient (Wildman–Crippen LogP) is 5.83. The molecule has 33 heavy (non-hydrogen) atoms. The lowest BCUT2D eigenvalue weighted by molar-refractivity contribution is -0.169. The fraction of sp³-hybridized carbons (Fsp3) is 0.308. The summed E-state index contributed by atoms with van der Waals surface area (Å²) in [6, 6.07) is 11.2. The van der Waals surface area contributed by atoms with Gasteiger partial charge in [-0.2, -0.15) is 13.2 Å². The van der Waals surface area contributed by atoms with Crippen molar-refractivity contribution in [1.29, 1.82) is 0 Å². The van der Waals surface area contributed by atoms with E-state index in [0.29, 0.717) is 34.8 Å². The van der Waals surface area contributed by atoms with Crippen LogP contribution in [0.3, 0.4) is 0 Å². The summed E-state index contributed by atoms with van der Waals surface area (Å²) in [4.78, 5) is 6.97. The summed E-state index contributed by atoms with van der Waals surface area (Å²) < 4.78 is 52.4. The number of aliphatic imine (C=N–C) groups is 1. The number of nitrogens with zero attached hydrogens (tertiary/aromatic N) is 2. The molecule has 4 rings (SSSR count). The number of fused-ring (bicyclic) bond motifs is 1. The Hall–Kier alpha value is -2.80.